The van der Waals surface area contributed by atoms with Crippen LogP contribution in [0.25, 0.3) is 10.9 Å². The summed E-state index contributed by atoms with van der Waals surface area (Å²) in [4.78, 5) is 14.2. The van der Waals surface area contributed by atoms with E-state index in [4.69, 9.17) is 5.11 Å². The van der Waals surface area contributed by atoms with Gasteiger partial charge in [-0.2, -0.15) is 0 Å². The minimum atomic E-state index is -0.727. The van der Waals surface area contributed by atoms with Gasteiger partial charge >= 0.3 is 5.97 Å². The standard InChI is InChI=1S/C15H19NO2/c1-3-4-11(8-15(17)18)13-9-16-14-7-10(2)5-6-12(13)14/h5-7,9,11,16H,3-4,8H2,1-2H3,(H,17,18). The van der Waals surface area contributed by atoms with E-state index in [1.54, 1.807) is 0 Å². The third-order valence-corrected chi connectivity index (χ3v) is 3.37. The highest BCUT2D eigenvalue weighted by Crippen LogP contribution is 2.31. The fourth-order valence-corrected chi connectivity index (χ4v) is 2.53. The van der Waals surface area contributed by atoms with E-state index in [0.717, 1.165) is 29.3 Å². The largest absolute Gasteiger partial charge is 0.481 e. The summed E-state index contributed by atoms with van der Waals surface area (Å²) in [5.74, 6) is -0.626. The monoisotopic (exact) mass is 245 g/mol. The molecule has 0 spiro atoms. The van der Waals surface area contributed by atoms with Crippen molar-refractivity contribution >= 4 is 16.9 Å². The van der Waals surface area contributed by atoms with Gasteiger partial charge in [0.05, 0.1) is 6.42 Å². The van der Waals surface area contributed by atoms with Crippen molar-refractivity contribution in [2.75, 3.05) is 0 Å². The van der Waals surface area contributed by atoms with Crippen LogP contribution in [0, 0.1) is 6.92 Å². The first-order valence-corrected chi connectivity index (χ1v) is 6.41. The molecule has 0 fully saturated rings. The van der Waals surface area contributed by atoms with Crippen molar-refractivity contribution in [2.24, 2.45) is 0 Å². The molecule has 1 heterocycles. The van der Waals surface area contributed by atoms with Gasteiger partial charge in [0.2, 0.25) is 0 Å². The van der Waals surface area contributed by atoms with Gasteiger partial charge < -0.3 is 10.1 Å². The Morgan fingerprint density at radius 1 is 1.44 bits per heavy atom. The zero-order valence-corrected chi connectivity index (χ0v) is 10.9. The Morgan fingerprint density at radius 2 is 2.22 bits per heavy atom. The lowest BCUT2D eigenvalue weighted by atomic mass is 9.91. The van der Waals surface area contributed by atoms with E-state index in [1.807, 2.05) is 6.20 Å². The number of hydrogen-bond acceptors (Lipinski definition) is 1. The number of aromatic nitrogens is 1. The lowest BCUT2D eigenvalue weighted by Crippen LogP contribution is -2.05. The minimum absolute atomic E-state index is 0.101. The number of aromatic amines is 1. The molecule has 18 heavy (non-hydrogen) atoms. The minimum Gasteiger partial charge on any atom is -0.481 e. The molecule has 3 heteroatoms. The van der Waals surface area contributed by atoms with Gasteiger partial charge in [-0.05, 0) is 36.5 Å². The van der Waals surface area contributed by atoms with Crippen molar-refractivity contribution in [2.45, 2.75) is 39.0 Å². The van der Waals surface area contributed by atoms with Gasteiger partial charge in [-0.25, -0.2) is 0 Å². The molecule has 0 bridgehead atoms. The topological polar surface area (TPSA) is 53.1 Å². The molecule has 1 aromatic heterocycles. The van der Waals surface area contributed by atoms with E-state index >= 15 is 0 Å². The van der Waals surface area contributed by atoms with E-state index < -0.39 is 5.97 Å². The smallest absolute Gasteiger partial charge is 0.303 e. The number of aliphatic carboxylic acids is 1. The summed E-state index contributed by atoms with van der Waals surface area (Å²) in [5, 5.41) is 10.2. The van der Waals surface area contributed by atoms with Crippen LogP contribution in [-0.2, 0) is 4.79 Å². The molecule has 0 aliphatic heterocycles. The number of aryl methyl sites for hydroxylation is 1. The maximum atomic E-state index is 11.0. The first kappa shape index (κ1) is 12.7. The number of nitrogens with one attached hydrogen (secondary N) is 1. The highest BCUT2D eigenvalue weighted by Gasteiger charge is 2.18. The Labute approximate surface area is 107 Å². The quantitative estimate of drug-likeness (QED) is 0.841. The third-order valence-electron chi connectivity index (χ3n) is 3.37. The van der Waals surface area contributed by atoms with Crippen molar-refractivity contribution in [1.29, 1.82) is 0 Å². The highest BCUT2D eigenvalue weighted by atomic mass is 16.4. The SMILES string of the molecule is CCCC(CC(=O)O)c1c[nH]c2cc(C)ccc12. The van der Waals surface area contributed by atoms with Gasteiger partial charge in [0.15, 0.2) is 0 Å². The zero-order valence-electron chi connectivity index (χ0n) is 10.9. The molecule has 0 aliphatic carbocycles. The number of fused-ring (bicyclic) bond motifs is 1. The molecule has 0 aliphatic rings. The van der Waals surface area contributed by atoms with Crippen LogP contribution >= 0.6 is 0 Å². The van der Waals surface area contributed by atoms with Crippen LogP contribution in [0.1, 0.15) is 43.2 Å². The molecule has 0 saturated heterocycles. The molecule has 2 rings (SSSR count). The Morgan fingerprint density at radius 3 is 2.89 bits per heavy atom. The molecule has 0 saturated carbocycles. The van der Waals surface area contributed by atoms with Gasteiger partial charge in [0, 0.05) is 17.1 Å². The van der Waals surface area contributed by atoms with Gasteiger partial charge in [0.1, 0.15) is 0 Å². The average molecular weight is 245 g/mol. The number of carbonyl (C=O) groups is 1. The summed E-state index contributed by atoms with van der Waals surface area (Å²) < 4.78 is 0. The fraction of sp³-hybridized carbons (Fsp3) is 0.400. The third kappa shape index (κ3) is 2.55. The molecule has 96 valence electrons. The number of rotatable bonds is 5. The normalized spacial score (nSPS) is 12.8. The van der Waals surface area contributed by atoms with Crippen LogP contribution in [0.15, 0.2) is 24.4 Å². The highest BCUT2D eigenvalue weighted by molar-refractivity contribution is 5.85. The zero-order chi connectivity index (χ0) is 13.1. The maximum Gasteiger partial charge on any atom is 0.303 e. The second-order valence-electron chi connectivity index (χ2n) is 4.88. The Hall–Kier alpha value is -1.77. The number of hydrogen-bond donors (Lipinski definition) is 2. The molecule has 0 amide bonds. The molecular weight excluding hydrogens is 226 g/mol. The molecular formula is C15H19NO2. The van der Waals surface area contributed by atoms with E-state index in [9.17, 15) is 4.79 Å². The summed E-state index contributed by atoms with van der Waals surface area (Å²) in [6, 6.07) is 6.26. The van der Waals surface area contributed by atoms with Crippen molar-refractivity contribution < 1.29 is 9.90 Å². The Bertz CT molecular complexity index is 557. The molecule has 2 N–H and O–H groups in total. The molecule has 2 aromatic rings. The molecule has 1 unspecified atom stereocenters. The summed E-state index contributed by atoms with van der Waals surface area (Å²) in [7, 11) is 0. The molecule has 0 radical (unpaired) electrons. The fourth-order valence-electron chi connectivity index (χ4n) is 2.53. The average Bonchev–Trinajstić information content (AvgIpc) is 2.70. The van der Waals surface area contributed by atoms with Crippen molar-refractivity contribution in [3.05, 3.63) is 35.5 Å². The second-order valence-corrected chi connectivity index (χ2v) is 4.88. The second kappa shape index (κ2) is 5.25. The van der Waals surface area contributed by atoms with Crippen molar-refractivity contribution in [3.8, 4) is 0 Å². The number of benzene rings is 1. The predicted octanol–water partition coefficient (Wildman–Crippen LogP) is 3.83. The lowest BCUT2D eigenvalue weighted by molar-refractivity contribution is -0.137. The molecule has 1 atom stereocenters. The first-order valence-electron chi connectivity index (χ1n) is 6.41. The van der Waals surface area contributed by atoms with Gasteiger partial charge in [-0.15, -0.1) is 0 Å². The van der Waals surface area contributed by atoms with Crippen LogP contribution in [0.3, 0.4) is 0 Å². The molecule has 1 aromatic carbocycles. The maximum absolute atomic E-state index is 11.0. The van der Waals surface area contributed by atoms with E-state index in [-0.39, 0.29) is 12.3 Å². The van der Waals surface area contributed by atoms with Gasteiger partial charge in [-0.1, -0.05) is 25.5 Å². The van der Waals surface area contributed by atoms with Crippen LogP contribution in [0.5, 0.6) is 0 Å². The van der Waals surface area contributed by atoms with Gasteiger partial charge in [0.25, 0.3) is 0 Å². The number of H-pyrrole nitrogens is 1. The van der Waals surface area contributed by atoms with E-state index in [2.05, 4.69) is 37.0 Å². The van der Waals surface area contributed by atoms with E-state index in [0.29, 0.717) is 0 Å². The van der Waals surface area contributed by atoms with Crippen molar-refractivity contribution in [3.63, 3.8) is 0 Å². The summed E-state index contributed by atoms with van der Waals surface area (Å²) in [6.45, 7) is 4.15. The number of carboxylic acids is 1. The van der Waals surface area contributed by atoms with Crippen LogP contribution in [0.2, 0.25) is 0 Å². The van der Waals surface area contributed by atoms with Crippen LogP contribution in [0.4, 0.5) is 0 Å². The Kier molecular flexibility index (Phi) is 3.70. The number of carboxylic acid groups (broad SMARTS) is 1. The summed E-state index contributed by atoms with van der Waals surface area (Å²) >= 11 is 0. The summed E-state index contributed by atoms with van der Waals surface area (Å²) in [5.41, 5.74) is 3.44. The van der Waals surface area contributed by atoms with E-state index in [1.165, 1.54) is 5.56 Å². The molecule has 3 nitrogen and oxygen atoms in total. The predicted molar refractivity (Wildman–Crippen MR) is 72.9 cm³/mol. The van der Waals surface area contributed by atoms with Gasteiger partial charge in [-0.3, -0.25) is 4.79 Å². The lowest BCUT2D eigenvalue weighted by Gasteiger charge is -2.13. The summed E-state index contributed by atoms with van der Waals surface area (Å²) in [6.07, 6.45) is 4.08. The Balaban J connectivity index is 2.40. The first-order chi connectivity index (χ1) is 8.61. The van der Waals surface area contributed by atoms with Crippen LogP contribution in [-0.4, -0.2) is 16.1 Å². The van der Waals surface area contributed by atoms with Crippen molar-refractivity contribution in [1.82, 2.24) is 4.98 Å². The van der Waals surface area contributed by atoms with Crippen LogP contribution < -0.4 is 0 Å².